The Balaban J connectivity index is 1.62. The number of aryl methyl sites for hydroxylation is 1. The summed E-state index contributed by atoms with van der Waals surface area (Å²) in [5, 5.41) is 4.51. The van der Waals surface area contributed by atoms with Crippen molar-refractivity contribution in [2.45, 2.75) is 25.4 Å². The predicted molar refractivity (Wildman–Crippen MR) is 123 cm³/mol. The van der Waals surface area contributed by atoms with Crippen LogP contribution in [0.4, 0.5) is 5.95 Å². The van der Waals surface area contributed by atoms with Crippen molar-refractivity contribution < 1.29 is 9.53 Å². The maximum Gasteiger partial charge on any atom is 0.261 e. The van der Waals surface area contributed by atoms with Crippen molar-refractivity contribution in [1.82, 2.24) is 14.8 Å². The van der Waals surface area contributed by atoms with E-state index in [1.165, 1.54) is 6.33 Å². The van der Waals surface area contributed by atoms with E-state index in [2.05, 4.69) is 34.3 Å². The van der Waals surface area contributed by atoms with Gasteiger partial charge in [0.2, 0.25) is 5.95 Å². The fourth-order valence-corrected chi connectivity index (χ4v) is 4.32. The minimum Gasteiger partial charge on any atom is -0.497 e. The van der Waals surface area contributed by atoms with E-state index in [0.29, 0.717) is 17.9 Å². The van der Waals surface area contributed by atoms with Gasteiger partial charge in [0.05, 0.1) is 19.2 Å². The van der Waals surface area contributed by atoms with E-state index in [1.54, 1.807) is 12.0 Å². The van der Waals surface area contributed by atoms with Gasteiger partial charge in [-0.05, 0) is 48.7 Å². The predicted octanol–water partition coefficient (Wildman–Crippen LogP) is 4.98. The number of hydrogen-bond donors (Lipinski definition) is 0. The molecule has 2 heterocycles. The zero-order chi connectivity index (χ0) is 22.1. The Hall–Kier alpha value is -3.93. The molecule has 0 radical (unpaired) electrons. The van der Waals surface area contributed by atoms with Gasteiger partial charge < -0.3 is 4.74 Å². The number of nitrogens with zero attached hydrogens (tertiary/aromatic N) is 4. The summed E-state index contributed by atoms with van der Waals surface area (Å²) in [6.07, 6.45) is 2.21. The molecule has 0 N–H and O–H groups in total. The number of anilines is 1. The molecular weight excluding hydrogens is 400 g/mol. The molecule has 0 saturated carbocycles. The molecule has 4 aromatic rings. The molecule has 6 nitrogen and oxygen atoms in total. The van der Waals surface area contributed by atoms with Gasteiger partial charge in [0.15, 0.2) is 0 Å². The summed E-state index contributed by atoms with van der Waals surface area (Å²) in [4.78, 5) is 20.0. The topological polar surface area (TPSA) is 60.2 Å². The Morgan fingerprint density at radius 1 is 0.906 bits per heavy atom. The fourth-order valence-electron chi connectivity index (χ4n) is 4.32. The van der Waals surface area contributed by atoms with Crippen LogP contribution >= 0.6 is 0 Å². The molecule has 5 rings (SSSR count). The van der Waals surface area contributed by atoms with Gasteiger partial charge in [-0.2, -0.15) is 10.1 Å². The first-order valence-corrected chi connectivity index (χ1v) is 10.6. The zero-order valence-electron chi connectivity index (χ0n) is 18.1. The third-order valence-electron chi connectivity index (χ3n) is 6.03. The number of benzene rings is 3. The number of fused-ring (bicyclic) bond motifs is 1. The van der Waals surface area contributed by atoms with Gasteiger partial charge in [0.25, 0.3) is 5.91 Å². The third kappa shape index (κ3) is 3.54. The van der Waals surface area contributed by atoms with Crippen LogP contribution in [-0.2, 0) is 0 Å². The second-order valence-corrected chi connectivity index (χ2v) is 8.00. The van der Waals surface area contributed by atoms with Crippen molar-refractivity contribution in [2.75, 3.05) is 12.0 Å². The van der Waals surface area contributed by atoms with E-state index < -0.39 is 0 Å². The monoisotopic (exact) mass is 424 g/mol. The molecule has 3 aromatic carbocycles. The van der Waals surface area contributed by atoms with Gasteiger partial charge in [0, 0.05) is 5.56 Å². The Bertz CT molecular complexity index is 1220. The van der Waals surface area contributed by atoms with Gasteiger partial charge >= 0.3 is 0 Å². The number of hydrogen-bond acceptors (Lipinski definition) is 4. The SMILES string of the molecule is COc1ccc([C@H]2C[C@H](c3ccccc3)N(C(=O)c3ccc(C)cc3)c3ncnn32)cc1. The van der Waals surface area contributed by atoms with Crippen LogP contribution in [0.5, 0.6) is 5.75 Å². The quantitative estimate of drug-likeness (QED) is 0.464. The highest BCUT2D eigenvalue weighted by Crippen LogP contribution is 2.42. The number of aromatic nitrogens is 3. The van der Waals surface area contributed by atoms with E-state index in [1.807, 2.05) is 66.2 Å². The number of ether oxygens (including phenoxy) is 1. The molecule has 1 aliphatic rings. The summed E-state index contributed by atoms with van der Waals surface area (Å²) in [7, 11) is 1.66. The van der Waals surface area contributed by atoms with Gasteiger partial charge in [0.1, 0.15) is 12.1 Å². The molecule has 1 aliphatic heterocycles. The first-order chi connectivity index (χ1) is 15.7. The second-order valence-electron chi connectivity index (χ2n) is 8.00. The highest BCUT2D eigenvalue weighted by atomic mass is 16.5. The Labute approximate surface area is 187 Å². The number of rotatable bonds is 4. The summed E-state index contributed by atoms with van der Waals surface area (Å²) in [5.74, 6) is 1.27. The van der Waals surface area contributed by atoms with Gasteiger partial charge in [-0.1, -0.05) is 60.2 Å². The molecule has 1 aromatic heterocycles. The lowest BCUT2D eigenvalue weighted by Crippen LogP contribution is -2.42. The van der Waals surface area contributed by atoms with Gasteiger partial charge in [-0.25, -0.2) is 4.68 Å². The van der Waals surface area contributed by atoms with Crippen LogP contribution in [-0.4, -0.2) is 27.8 Å². The van der Waals surface area contributed by atoms with Crippen LogP contribution in [0, 0.1) is 6.92 Å². The number of carbonyl (C=O) groups is 1. The summed E-state index contributed by atoms with van der Waals surface area (Å²) < 4.78 is 7.17. The summed E-state index contributed by atoms with van der Waals surface area (Å²) in [6, 6.07) is 25.6. The van der Waals surface area contributed by atoms with Crippen LogP contribution < -0.4 is 9.64 Å². The van der Waals surface area contributed by atoms with Crippen LogP contribution in [0.3, 0.4) is 0 Å². The van der Waals surface area contributed by atoms with Gasteiger partial charge in [-0.15, -0.1) is 0 Å². The summed E-state index contributed by atoms with van der Waals surface area (Å²) in [5.41, 5.74) is 3.91. The molecule has 6 heteroatoms. The summed E-state index contributed by atoms with van der Waals surface area (Å²) in [6.45, 7) is 2.01. The first kappa shape index (κ1) is 20.0. The first-order valence-electron chi connectivity index (χ1n) is 10.6. The minimum atomic E-state index is -0.172. The highest BCUT2D eigenvalue weighted by molar-refractivity contribution is 6.05. The number of carbonyl (C=O) groups excluding carboxylic acids is 1. The maximum absolute atomic E-state index is 13.7. The lowest BCUT2D eigenvalue weighted by atomic mass is 9.91. The molecule has 32 heavy (non-hydrogen) atoms. The molecule has 1 amide bonds. The van der Waals surface area contributed by atoms with Crippen molar-refractivity contribution in [2.24, 2.45) is 0 Å². The Kier molecular flexibility index (Phi) is 5.19. The highest BCUT2D eigenvalue weighted by Gasteiger charge is 2.39. The number of methoxy groups -OCH3 is 1. The smallest absolute Gasteiger partial charge is 0.261 e. The van der Waals surface area contributed by atoms with E-state index in [0.717, 1.165) is 22.4 Å². The standard InChI is InChI=1S/C26H24N4O2/c1-18-8-10-21(11-9-18)25(31)29-23(19-6-4-3-5-7-19)16-24(30-26(29)27-17-28-30)20-12-14-22(32-2)15-13-20/h3-15,17,23-24H,16H2,1-2H3/t23-,24-/m1/s1. The Morgan fingerprint density at radius 3 is 2.28 bits per heavy atom. The largest absolute Gasteiger partial charge is 0.497 e. The summed E-state index contributed by atoms with van der Waals surface area (Å²) >= 11 is 0. The van der Waals surface area contributed by atoms with Crippen LogP contribution in [0.15, 0.2) is 85.2 Å². The molecule has 0 spiro atoms. The molecule has 160 valence electrons. The van der Waals surface area contributed by atoms with Crippen LogP contribution in [0.1, 0.15) is 45.6 Å². The average Bonchev–Trinajstić information content (AvgIpc) is 3.33. The zero-order valence-corrected chi connectivity index (χ0v) is 18.1. The minimum absolute atomic E-state index is 0.0503. The van der Waals surface area contributed by atoms with E-state index in [4.69, 9.17) is 4.74 Å². The van der Waals surface area contributed by atoms with Crippen LogP contribution in [0.25, 0.3) is 0 Å². The van der Waals surface area contributed by atoms with E-state index in [9.17, 15) is 4.79 Å². The molecule has 0 aliphatic carbocycles. The Morgan fingerprint density at radius 2 is 1.59 bits per heavy atom. The molecule has 0 saturated heterocycles. The third-order valence-corrected chi connectivity index (χ3v) is 6.03. The van der Waals surface area contributed by atoms with Crippen molar-refractivity contribution in [3.63, 3.8) is 0 Å². The second kappa shape index (κ2) is 8.30. The average molecular weight is 425 g/mol. The fraction of sp³-hybridized carbons (Fsp3) is 0.192. The molecular formula is C26H24N4O2. The van der Waals surface area contributed by atoms with Crippen molar-refractivity contribution in [1.29, 1.82) is 0 Å². The number of amides is 1. The van der Waals surface area contributed by atoms with Crippen molar-refractivity contribution in [3.8, 4) is 5.75 Å². The molecule has 0 fully saturated rings. The van der Waals surface area contributed by atoms with Gasteiger partial charge in [-0.3, -0.25) is 9.69 Å². The molecule has 2 atom stereocenters. The molecule has 0 unspecified atom stereocenters. The van der Waals surface area contributed by atoms with Crippen molar-refractivity contribution in [3.05, 3.63) is 107 Å². The van der Waals surface area contributed by atoms with Crippen LogP contribution in [0.2, 0.25) is 0 Å². The van der Waals surface area contributed by atoms with E-state index in [-0.39, 0.29) is 18.0 Å². The van der Waals surface area contributed by atoms with Crippen molar-refractivity contribution >= 4 is 11.9 Å². The van der Waals surface area contributed by atoms with E-state index >= 15 is 0 Å². The maximum atomic E-state index is 13.7. The molecule has 0 bridgehead atoms. The lowest BCUT2D eigenvalue weighted by Gasteiger charge is -2.39. The lowest BCUT2D eigenvalue weighted by molar-refractivity contribution is 0.0963. The normalized spacial score (nSPS) is 17.6.